The maximum atomic E-state index is 13.3. The Balaban J connectivity index is 2.47. The molecule has 0 fully saturated rings. The van der Waals surface area contributed by atoms with Crippen LogP contribution in [0.4, 0.5) is 15.8 Å². The first kappa shape index (κ1) is 15.1. The molecule has 2 aromatic carbocycles. The summed E-state index contributed by atoms with van der Waals surface area (Å²) < 4.78 is 39.9. The van der Waals surface area contributed by atoms with Crippen molar-refractivity contribution in [2.24, 2.45) is 0 Å². The first-order valence-electron chi connectivity index (χ1n) is 5.60. The number of nitriles is 1. The predicted octanol–water partition coefficient (Wildman–Crippen LogP) is 2.73. The highest BCUT2D eigenvalue weighted by atomic mass is 35.5. The molecule has 0 radical (unpaired) electrons. The highest BCUT2D eigenvalue weighted by Crippen LogP contribution is 2.24. The molecule has 0 saturated carbocycles. The third-order valence-corrected chi connectivity index (χ3v) is 4.13. The van der Waals surface area contributed by atoms with Gasteiger partial charge in [-0.1, -0.05) is 11.6 Å². The zero-order chi connectivity index (χ0) is 15.6. The standard InChI is InChI=1S/C13H9ClFN3O2S/c14-9-2-1-8(7-16)13(3-9)18-21(19,20)12-5-10(15)4-11(17)6-12/h1-6,18H,17H2. The number of nitrogens with one attached hydrogen (secondary N) is 1. The number of hydrogen-bond donors (Lipinski definition) is 2. The van der Waals surface area contributed by atoms with Crippen molar-refractivity contribution in [1.82, 2.24) is 0 Å². The van der Waals surface area contributed by atoms with E-state index in [9.17, 15) is 12.8 Å². The van der Waals surface area contributed by atoms with Crippen molar-refractivity contribution in [2.45, 2.75) is 4.90 Å². The molecule has 0 unspecified atom stereocenters. The van der Waals surface area contributed by atoms with Crippen LogP contribution in [0.5, 0.6) is 0 Å². The number of halogens is 2. The number of nitrogens with two attached hydrogens (primary N) is 1. The lowest BCUT2D eigenvalue weighted by Gasteiger charge is -2.10. The van der Waals surface area contributed by atoms with E-state index >= 15 is 0 Å². The molecule has 0 aliphatic rings. The van der Waals surface area contributed by atoms with Gasteiger partial charge in [-0.25, -0.2) is 12.8 Å². The Hall–Kier alpha value is -2.30. The van der Waals surface area contributed by atoms with Gasteiger partial charge in [0.15, 0.2) is 0 Å². The van der Waals surface area contributed by atoms with Crippen LogP contribution in [0, 0.1) is 17.1 Å². The number of nitrogens with zero attached hydrogens (tertiary/aromatic N) is 1. The number of hydrogen-bond acceptors (Lipinski definition) is 4. The van der Waals surface area contributed by atoms with Crippen LogP contribution in [-0.4, -0.2) is 8.42 Å². The zero-order valence-electron chi connectivity index (χ0n) is 10.5. The van der Waals surface area contributed by atoms with Gasteiger partial charge in [-0.15, -0.1) is 0 Å². The van der Waals surface area contributed by atoms with E-state index in [0.29, 0.717) is 0 Å². The van der Waals surface area contributed by atoms with Crippen LogP contribution >= 0.6 is 11.6 Å². The minimum atomic E-state index is -4.09. The van der Waals surface area contributed by atoms with Gasteiger partial charge in [-0.2, -0.15) is 5.26 Å². The van der Waals surface area contributed by atoms with E-state index in [1.54, 1.807) is 0 Å². The average molecular weight is 326 g/mol. The van der Waals surface area contributed by atoms with Gasteiger partial charge in [0.05, 0.1) is 16.1 Å². The van der Waals surface area contributed by atoms with Crippen LogP contribution in [0.3, 0.4) is 0 Å². The van der Waals surface area contributed by atoms with E-state index in [4.69, 9.17) is 22.6 Å². The summed E-state index contributed by atoms with van der Waals surface area (Å²) in [5, 5.41) is 9.21. The fourth-order valence-electron chi connectivity index (χ4n) is 1.64. The monoisotopic (exact) mass is 325 g/mol. The fraction of sp³-hybridized carbons (Fsp3) is 0. The zero-order valence-corrected chi connectivity index (χ0v) is 12.0. The topological polar surface area (TPSA) is 96.0 Å². The lowest BCUT2D eigenvalue weighted by atomic mass is 10.2. The highest BCUT2D eigenvalue weighted by molar-refractivity contribution is 7.92. The van der Waals surface area contributed by atoms with Crippen LogP contribution in [0.2, 0.25) is 5.02 Å². The van der Waals surface area contributed by atoms with Crippen LogP contribution in [-0.2, 0) is 10.0 Å². The molecule has 2 rings (SSSR count). The van der Waals surface area contributed by atoms with Gasteiger partial charge in [0, 0.05) is 10.7 Å². The molecule has 0 spiro atoms. The summed E-state index contributed by atoms with van der Waals surface area (Å²) in [6.07, 6.45) is 0. The summed E-state index contributed by atoms with van der Waals surface area (Å²) in [4.78, 5) is -0.344. The lowest BCUT2D eigenvalue weighted by molar-refractivity contribution is 0.595. The Morgan fingerprint density at radius 3 is 2.57 bits per heavy atom. The smallest absolute Gasteiger partial charge is 0.262 e. The second-order valence-corrected chi connectivity index (χ2v) is 6.25. The Kier molecular flexibility index (Phi) is 4.02. The average Bonchev–Trinajstić information content (AvgIpc) is 2.37. The Labute approximate surface area is 125 Å². The van der Waals surface area contributed by atoms with Crippen LogP contribution in [0.25, 0.3) is 0 Å². The molecule has 0 amide bonds. The van der Waals surface area contributed by atoms with Crippen molar-refractivity contribution in [3.8, 4) is 6.07 Å². The van der Waals surface area contributed by atoms with Crippen molar-refractivity contribution in [1.29, 1.82) is 5.26 Å². The van der Waals surface area contributed by atoms with Gasteiger partial charge in [-0.3, -0.25) is 4.72 Å². The predicted molar refractivity (Wildman–Crippen MR) is 77.8 cm³/mol. The summed E-state index contributed by atoms with van der Waals surface area (Å²) in [6, 6.07) is 8.90. The Bertz CT molecular complexity index is 827. The summed E-state index contributed by atoms with van der Waals surface area (Å²) in [7, 11) is -4.09. The molecular weight excluding hydrogens is 317 g/mol. The minimum absolute atomic E-state index is 0.00725. The molecule has 0 heterocycles. The molecule has 108 valence electrons. The molecule has 0 aliphatic heterocycles. The molecule has 2 aromatic rings. The van der Waals surface area contributed by atoms with Crippen LogP contribution < -0.4 is 10.5 Å². The molecule has 0 aliphatic carbocycles. The maximum Gasteiger partial charge on any atom is 0.262 e. The molecule has 0 aromatic heterocycles. The second-order valence-electron chi connectivity index (χ2n) is 4.13. The summed E-state index contributed by atoms with van der Waals surface area (Å²) in [6.45, 7) is 0. The number of benzene rings is 2. The molecule has 8 heteroatoms. The summed E-state index contributed by atoms with van der Waals surface area (Å²) in [5.41, 5.74) is 5.50. The minimum Gasteiger partial charge on any atom is -0.399 e. The number of rotatable bonds is 3. The highest BCUT2D eigenvalue weighted by Gasteiger charge is 2.18. The quantitative estimate of drug-likeness (QED) is 0.848. The maximum absolute atomic E-state index is 13.3. The molecule has 0 atom stereocenters. The molecule has 5 nitrogen and oxygen atoms in total. The number of sulfonamides is 1. The van der Waals surface area contributed by atoms with E-state index < -0.39 is 15.8 Å². The van der Waals surface area contributed by atoms with Crippen molar-refractivity contribution < 1.29 is 12.8 Å². The van der Waals surface area contributed by atoms with Gasteiger partial charge < -0.3 is 5.73 Å². The lowest BCUT2D eigenvalue weighted by Crippen LogP contribution is -2.14. The Morgan fingerprint density at radius 2 is 1.95 bits per heavy atom. The van der Waals surface area contributed by atoms with E-state index in [2.05, 4.69) is 4.72 Å². The van der Waals surface area contributed by atoms with E-state index in [1.165, 1.54) is 18.2 Å². The second kappa shape index (κ2) is 5.60. The molecule has 0 bridgehead atoms. The third-order valence-electron chi connectivity index (χ3n) is 2.55. The van der Waals surface area contributed by atoms with Crippen molar-refractivity contribution in [3.05, 3.63) is 52.8 Å². The normalized spacial score (nSPS) is 10.9. The van der Waals surface area contributed by atoms with E-state index in [0.717, 1.165) is 18.2 Å². The third kappa shape index (κ3) is 3.42. The molecular formula is C13H9ClFN3O2S. The number of nitrogen functional groups attached to an aromatic ring is 1. The van der Waals surface area contributed by atoms with E-state index in [1.807, 2.05) is 6.07 Å². The van der Waals surface area contributed by atoms with Crippen LogP contribution in [0.1, 0.15) is 5.56 Å². The summed E-state index contributed by atoms with van der Waals surface area (Å²) in [5.74, 6) is -0.776. The van der Waals surface area contributed by atoms with Crippen LogP contribution in [0.15, 0.2) is 41.3 Å². The first-order chi connectivity index (χ1) is 9.81. The number of anilines is 2. The van der Waals surface area contributed by atoms with Gasteiger partial charge in [0.1, 0.15) is 11.9 Å². The molecule has 0 saturated heterocycles. The largest absolute Gasteiger partial charge is 0.399 e. The van der Waals surface area contributed by atoms with Gasteiger partial charge in [0.25, 0.3) is 10.0 Å². The first-order valence-corrected chi connectivity index (χ1v) is 7.46. The van der Waals surface area contributed by atoms with Crippen molar-refractivity contribution in [2.75, 3.05) is 10.5 Å². The van der Waals surface area contributed by atoms with E-state index in [-0.39, 0.29) is 26.9 Å². The van der Waals surface area contributed by atoms with Crippen molar-refractivity contribution >= 4 is 33.0 Å². The van der Waals surface area contributed by atoms with Gasteiger partial charge >= 0.3 is 0 Å². The fourth-order valence-corrected chi connectivity index (χ4v) is 2.95. The molecule has 21 heavy (non-hydrogen) atoms. The van der Waals surface area contributed by atoms with Gasteiger partial charge in [0.2, 0.25) is 0 Å². The van der Waals surface area contributed by atoms with Gasteiger partial charge in [-0.05, 0) is 36.4 Å². The molecule has 3 N–H and O–H groups in total. The summed E-state index contributed by atoms with van der Waals surface area (Å²) >= 11 is 5.77. The Morgan fingerprint density at radius 1 is 1.24 bits per heavy atom. The van der Waals surface area contributed by atoms with Crippen molar-refractivity contribution in [3.63, 3.8) is 0 Å². The SMILES string of the molecule is N#Cc1ccc(Cl)cc1NS(=O)(=O)c1cc(N)cc(F)c1.